The molecule has 0 aromatic heterocycles. The monoisotopic (exact) mass is 226 g/mol. The van der Waals surface area contributed by atoms with E-state index in [-0.39, 0.29) is 11.9 Å². The van der Waals surface area contributed by atoms with E-state index in [0.29, 0.717) is 5.41 Å². The normalized spacial score (nSPS) is 26.7. The third kappa shape index (κ3) is 2.95. The molecule has 0 spiro atoms. The Morgan fingerprint density at radius 2 is 2.38 bits per heavy atom. The fourth-order valence-electron chi connectivity index (χ4n) is 2.32. The summed E-state index contributed by atoms with van der Waals surface area (Å²) in [6.07, 6.45) is 5.63. The Kier molecular flexibility index (Phi) is 3.82. The van der Waals surface area contributed by atoms with Gasteiger partial charge in [0, 0.05) is 20.3 Å². The molecule has 1 atom stereocenters. The minimum absolute atomic E-state index is 0.0539. The Balaban J connectivity index is 1.68. The lowest BCUT2D eigenvalue weighted by atomic mass is 10.0. The lowest BCUT2D eigenvalue weighted by Gasteiger charge is -2.17. The van der Waals surface area contributed by atoms with Crippen LogP contribution in [0.3, 0.4) is 0 Å². The molecule has 0 aromatic rings. The quantitative estimate of drug-likeness (QED) is 0.700. The van der Waals surface area contributed by atoms with Crippen LogP contribution in [-0.2, 0) is 9.53 Å². The van der Waals surface area contributed by atoms with Gasteiger partial charge in [-0.2, -0.15) is 0 Å². The molecule has 0 unspecified atom stereocenters. The molecule has 1 aliphatic carbocycles. The van der Waals surface area contributed by atoms with Crippen LogP contribution in [0.5, 0.6) is 0 Å². The number of nitrogens with one attached hydrogen (secondary N) is 2. The van der Waals surface area contributed by atoms with Gasteiger partial charge < -0.3 is 15.4 Å². The lowest BCUT2D eigenvalue weighted by Crippen LogP contribution is -2.42. The number of amides is 1. The first-order valence-electron chi connectivity index (χ1n) is 6.26. The molecule has 2 rings (SSSR count). The highest BCUT2D eigenvalue weighted by molar-refractivity contribution is 5.82. The number of ether oxygens (including phenoxy) is 1. The highest BCUT2D eigenvalue weighted by Crippen LogP contribution is 2.48. The Morgan fingerprint density at radius 1 is 1.56 bits per heavy atom. The van der Waals surface area contributed by atoms with Crippen molar-refractivity contribution in [3.8, 4) is 0 Å². The van der Waals surface area contributed by atoms with E-state index < -0.39 is 0 Å². The average molecular weight is 226 g/mol. The van der Waals surface area contributed by atoms with Gasteiger partial charge in [0.05, 0.1) is 6.04 Å². The molecule has 2 N–H and O–H groups in total. The predicted molar refractivity (Wildman–Crippen MR) is 62.2 cm³/mol. The van der Waals surface area contributed by atoms with E-state index >= 15 is 0 Å². The van der Waals surface area contributed by atoms with Crippen LogP contribution < -0.4 is 10.6 Å². The number of carbonyl (C=O) groups is 1. The van der Waals surface area contributed by atoms with Gasteiger partial charge in [0.1, 0.15) is 0 Å². The maximum Gasteiger partial charge on any atom is 0.237 e. The standard InChI is InChI=1S/C12H22N2O2/c1-16-8-6-12(4-5-12)9-14-11(15)10-3-2-7-13-10/h10,13H,2-9H2,1H3,(H,14,15)/t10-/m0/s1. The molecule has 2 fully saturated rings. The highest BCUT2D eigenvalue weighted by atomic mass is 16.5. The summed E-state index contributed by atoms with van der Waals surface area (Å²) in [5.74, 6) is 0.182. The molecule has 1 saturated heterocycles. The van der Waals surface area contributed by atoms with E-state index in [1.54, 1.807) is 7.11 Å². The molecule has 4 heteroatoms. The largest absolute Gasteiger partial charge is 0.385 e. The lowest BCUT2D eigenvalue weighted by molar-refractivity contribution is -0.123. The van der Waals surface area contributed by atoms with Crippen LogP contribution in [0.1, 0.15) is 32.1 Å². The third-order valence-corrected chi connectivity index (χ3v) is 3.81. The molecule has 4 nitrogen and oxygen atoms in total. The third-order valence-electron chi connectivity index (χ3n) is 3.81. The SMILES string of the molecule is COCCC1(CNC(=O)[C@@H]2CCCN2)CC1. The summed E-state index contributed by atoms with van der Waals surface area (Å²) in [6.45, 7) is 2.61. The van der Waals surface area contributed by atoms with E-state index in [1.807, 2.05) is 0 Å². The Morgan fingerprint density at radius 3 is 2.94 bits per heavy atom. The summed E-state index contributed by atoms with van der Waals surface area (Å²) >= 11 is 0. The van der Waals surface area contributed by atoms with Crippen molar-refractivity contribution in [1.82, 2.24) is 10.6 Å². The first kappa shape index (κ1) is 11.9. The topological polar surface area (TPSA) is 50.4 Å². The fourth-order valence-corrected chi connectivity index (χ4v) is 2.32. The van der Waals surface area contributed by atoms with Gasteiger partial charge in [-0.3, -0.25) is 4.79 Å². The van der Waals surface area contributed by atoms with Gasteiger partial charge in [0.25, 0.3) is 0 Å². The van der Waals surface area contributed by atoms with E-state index in [1.165, 1.54) is 12.8 Å². The van der Waals surface area contributed by atoms with Gasteiger partial charge >= 0.3 is 0 Å². The maximum atomic E-state index is 11.8. The van der Waals surface area contributed by atoms with Crippen molar-refractivity contribution in [2.75, 3.05) is 26.8 Å². The average Bonchev–Trinajstić information content (AvgIpc) is 2.85. The van der Waals surface area contributed by atoms with Crippen molar-refractivity contribution in [3.05, 3.63) is 0 Å². The van der Waals surface area contributed by atoms with Crippen molar-refractivity contribution >= 4 is 5.91 Å². The summed E-state index contributed by atoms with van der Waals surface area (Å²) < 4.78 is 5.10. The van der Waals surface area contributed by atoms with Crippen LogP contribution in [-0.4, -0.2) is 38.8 Å². The number of hydrogen-bond donors (Lipinski definition) is 2. The first-order valence-corrected chi connectivity index (χ1v) is 6.26. The predicted octanol–water partition coefficient (Wildman–Crippen LogP) is 0.671. The van der Waals surface area contributed by atoms with Crippen LogP contribution in [0.25, 0.3) is 0 Å². The smallest absolute Gasteiger partial charge is 0.237 e. The minimum Gasteiger partial charge on any atom is -0.385 e. The molecule has 1 aliphatic heterocycles. The van der Waals surface area contributed by atoms with Crippen molar-refractivity contribution in [2.45, 2.75) is 38.1 Å². The number of methoxy groups -OCH3 is 1. The zero-order valence-electron chi connectivity index (χ0n) is 10.1. The zero-order valence-corrected chi connectivity index (χ0v) is 10.1. The molecule has 0 bridgehead atoms. The summed E-state index contributed by atoms with van der Waals surface area (Å²) in [5.41, 5.74) is 0.351. The molecule has 2 aliphatic rings. The zero-order chi connectivity index (χ0) is 11.4. The van der Waals surface area contributed by atoms with Crippen molar-refractivity contribution in [2.24, 2.45) is 5.41 Å². The van der Waals surface area contributed by atoms with E-state index in [4.69, 9.17) is 4.74 Å². The van der Waals surface area contributed by atoms with Crippen LogP contribution >= 0.6 is 0 Å². The Labute approximate surface area is 97.1 Å². The number of hydrogen-bond acceptors (Lipinski definition) is 3. The molecule has 1 heterocycles. The van der Waals surface area contributed by atoms with Crippen molar-refractivity contribution in [3.63, 3.8) is 0 Å². The van der Waals surface area contributed by atoms with E-state index in [2.05, 4.69) is 10.6 Å². The summed E-state index contributed by atoms with van der Waals surface area (Å²) in [4.78, 5) is 11.8. The fraction of sp³-hybridized carbons (Fsp3) is 0.917. The Bertz CT molecular complexity index is 245. The number of carbonyl (C=O) groups excluding carboxylic acids is 1. The van der Waals surface area contributed by atoms with Gasteiger partial charge in [-0.25, -0.2) is 0 Å². The minimum atomic E-state index is 0.0539. The molecule has 0 radical (unpaired) electrons. The number of rotatable bonds is 6. The molecular weight excluding hydrogens is 204 g/mol. The molecular formula is C12H22N2O2. The van der Waals surface area contributed by atoms with Gasteiger partial charge in [0.2, 0.25) is 5.91 Å². The van der Waals surface area contributed by atoms with Gasteiger partial charge in [-0.1, -0.05) is 0 Å². The summed E-state index contributed by atoms with van der Waals surface area (Å²) in [7, 11) is 1.73. The van der Waals surface area contributed by atoms with Crippen LogP contribution in [0.15, 0.2) is 0 Å². The first-order chi connectivity index (χ1) is 7.76. The van der Waals surface area contributed by atoms with Crippen LogP contribution in [0.2, 0.25) is 0 Å². The summed E-state index contributed by atoms with van der Waals surface area (Å²) in [5, 5.41) is 6.30. The molecule has 1 saturated carbocycles. The highest BCUT2D eigenvalue weighted by Gasteiger charge is 2.42. The molecule has 16 heavy (non-hydrogen) atoms. The van der Waals surface area contributed by atoms with Gasteiger partial charge in [-0.15, -0.1) is 0 Å². The Hall–Kier alpha value is -0.610. The second kappa shape index (κ2) is 5.15. The second-order valence-electron chi connectivity index (χ2n) is 5.11. The van der Waals surface area contributed by atoms with Crippen LogP contribution in [0, 0.1) is 5.41 Å². The van der Waals surface area contributed by atoms with Crippen molar-refractivity contribution in [1.29, 1.82) is 0 Å². The van der Waals surface area contributed by atoms with E-state index in [9.17, 15) is 4.79 Å². The van der Waals surface area contributed by atoms with Gasteiger partial charge in [-0.05, 0) is 44.1 Å². The van der Waals surface area contributed by atoms with Crippen molar-refractivity contribution < 1.29 is 9.53 Å². The van der Waals surface area contributed by atoms with E-state index in [0.717, 1.165) is 39.0 Å². The van der Waals surface area contributed by atoms with Crippen LogP contribution in [0.4, 0.5) is 0 Å². The van der Waals surface area contributed by atoms with Gasteiger partial charge in [0.15, 0.2) is 0 Å². The second-order valence-corrected chi connectivity index (χ2v) is 5.11. The molecule has 92 valence electrons. The maximum absolute atomic E-state index is 11.8. The molecule has 0 aromatic carbocycles. The summed E-state index contributed by atoms with van der Waals surface area (Å²) in [6, 6.07) is 0.0539. The molecule has 1 amide bonds.